The Morgan fingerprint density at radius 1 is 1.33 bits per heavy atom. The van der Waals surface area contributed by atoms with E-state index in [2.05, 4.69) is 29.4 Å². The van der Waals surface area contributed by atoms with Crippen molar-refractivity contribution in [2.24, 2.45) is 5.73 Å². The van der Waals surface area contributed by atoms with Gasteiger partial charge in [-0.1, -0.05) is 6.07 Å². The Hall–Kier alpha value is -0.710. The molecule has 1 aromatic carbocycles. The van der Waals surface area contributed by atoms with Gasteiger partial charge in [0.25, 0.3) is 0 Å². The van der Waals surface area contributed by atoms with Crippen LogP contribution in [0.5, 0.6) is 0 Å². The van der Waals surface area contributed by atoms with Crippen molar-refractivity contribution >= 4 is 17.4 Å². The number of hydrogen-bond donors (Lipinski definition) is 1. The molecule has 3 rings (SSSR count). The summed E-state index contributed by atoms with van der Waals surface area (Å²) in [5.74, 6) is 0. The van der Waals surface area contributed by atoms with Gasteiger partial charge < -0.3 is 15.4 Å². The third-order valence-electron chi connectivity index (χ3n) is 3.92. The topological polar surface area (TPSA) is 38.5 Å². The predicted octanol–water partition coefficient (Wildman–Crippen LogP) is 2.23. The summed E-state index contributed by atoms with van der Waals surface area (Å²) in [6.45, 7) is 2.64. The van der Waals surface area contributed by atoms with Crippen LogP contribution in [-0.4, -0.2) is 31.6 Å². The van der Waals surface area contributed by atoms with Crippen molar-refractivity contribution in [2.75, 3.05) is 24.2 Å². The summed E-state index contributed by atoms with van der Waals surface area (Å²) in [6, 6.07) is 6.50. The largest absolute Gasteiger partial charge is 0.371 e. The van der Waals surface area contributed by atoms with Crippen molar-refractivity contribution < 1.29 is 4.74 Å². The van der Waals surface area contributed by atoms with Crippen LogP contribution in [0.25, 0.3) is 0 Å². The number of fused-ring (bicyclic) bond motifs is 2. The van der Waals surface area contributed by atoms with Crippen molar-refractivity contribution in [1.82, 2.24) is 0 Å². The van der Waals surface area contributed by atoms with Crippen LogP contribution in [0.15, 0.2) is 23.1 Å². The summed E-state index contributed by atoms with van der Waals surface area (Å²) in [5.41, 5.74) is 8.54. The second kappa shape index (κ2) is 5.11. The van der Waals surface area contributed by atoms with Gasteiger partial charge in [0.05, 0.1) is 12.2 Å². The van der Waals surface area contributed by atoms with Crippen molar-refractivity contribution in [3.05, 3.63) is 23.8 Å². The van der Waals surface area contributed by atoms with Crippen LogP contribution in [0, 0.1) is 0 Å². The minimum atomic E-state index is 0.423. The number of rotatable bonds is 3. The Morgan fingerprint density at radius 3 is 2.67 bits per heavy atom. The number of nitrogens with two attached hydrogens (primary N) is 1. The smallest absolute Gasteiger partial charge is 0.0755 e. The average molecular weight is 264 g/mol. The first kappa shape index (κ1) is 12.3. The van der Waals surface area contributed by atoms with Gasteiger partial charge in [-0.2, -0.15) is 0 Å². The maximum Gasteiger partial charge on any atom is 0.0755 e. The number of morpholine rings is 1. The molecule has 18 heavy (non-hydrogen) atoms. The maximum absolute atomic E-state index is 5.95. The summed E-state index contributed by atoms with van der Waals surface area (Å²) in [7, 11) is 0. The molecule has 2 heterocycles. The van der Waals surface area contributed by atoms with Crippen LogP contribution in [-0.2, 0) is 11.3 Å². The van der Waals surface area contributed by atoms with Crippen molar-refractivity contribution in [3.63, 3.8) is 0 Å². The maximum atomic E-state index is 5.95. The highest BCUT2D eigenvalue weighted by molar-refractivity contribution is 7.98. The molecule has 0 radical (unpaired) electrons. The first-order valence-corrected chi connectivity index (χ1v) is 7.80. The van der Waals surface area contributed by atoms with Gasteiger partial charge in [-0.3, -0.25) is 0 Å². The predicted molar refractivity (Wildman–Crippen MR) is 76.2 cm³/mol. The summed E-state index contributed by atoms with van der Waals surface area (Å²) >= 11 is 1.78. The van der Waals surface area contributed by atoms with Gasteiger partial charge in [-0.05, 0) is 31.2 Å². The lowest BCUT2D eigenvalue weighted by Gasteiger charge is -2.35. The molecule has 2 unspecified atom stereocenters. The van der Waals surface area contributed by atoms with E-state index >= 15 is 0 Å². The molecule has 2 saturated heterocycles. The molecular weight excluding hydrogens is 244 g/mol. The number of anilines is 1. The van der Waals surface area contributed by atoms with Gasteiger partial charge in [0.2, 0.25) is 0 Å². The first-order chi connectivity index (χ1) is 8.81. The molecule has 98 valence electrons. The minimum Gasteiger partial charge on any atom is -0.371 e. The molecule has 4 heteroatoms. The van der Waals surface area contributed by atoms with Crippen LogP contribution in [0.4, 0.5) is 5.69 Å². The monoisotopic (exact) mass is 264 g/mol. The van der Waals surface area contributed by atoms with E-state index in [9.17, 15) is 0 Å². The number of ether oxygens (including phenoxy) is 1. The fourth-order valence-corrected chi connectivity index (χ4v) is 3.71. The van der Waals surface area contributed by atoms with Crippen molar-refractivity contribution in [2.45, 2.75) is 36.5 Å². The van der Waals surface area contributed by atoms with E-state index in [1.54, 1.807) is 11.8 Å². The fraction of sp³-hybridized carbons (Fsp3) is 0.571. The molecule has 0 aliphatic carbocycles. The van der Waals surface area contributed by atoms with Gasteiger partial charge in [0.1, 0.15) is 0 Å². The fourth-order valence-electron chi connectivity index (χ4n) is 3.06. The third-order valence-corrected chi connectivity index (χ3v) is 4.74. The van der Waals surface area contributed by atoms with E-state index in [-0.39, 0.29) is 0 Å². The van der Waals surface area contributed by atoms with E-state index in [1.807, 2.05) is 0 Å². The zero-order chi connectivity index (χ0) is 12.5. The number of hydrogen-bond acceptors (Lipinski definition) is 4. The molecule has 0 spiro atoms. The highest BCUT2D eigenvalue weighted by Crippen LogP contribution is 2.34. The Balaban J connectivity index is 1.91. The van der Waals surface area contributed by atoms with E-state index in [0.29, 0.717) is 18.8 Å². The number of thioether (sulfide) groups is 1. The zero-order valence-corrected chi connectivity index (χ0v) is 11.6. The summed E-state index contributed by atoms with van der Waals surface area (Å²) in [5, 5.41) is 0. The molecular formula is C14H20N2OS. The van der Waals surface area contributed by atoms with E-state index in [1.165, 1.54) is 29.0 Å². The second-order valence-electron chi connectivity index (χ2n) is 5.02. The van der Waals surface area contributed by atoms with E-state index < -0.39 is 0 Å². The third kappa shape index (κ3) is 2.13. The normalized spacial score (nSPS) is 26.7. The number of nitrogens with zero attached hydrogens (tertiary/aromatic N) is 1. The molecule has 1 aromatic rings. The summed E-state index contributed by atoms with van der Waals surface area (Å²) in [4.78, 5) is 3.77. The molecule has 2 aliphatic rings. The highest BCUT2D eigenvalue weighted by Gasteiger charge is 2.34. The SMILES string of the molecule is CSc1cccc(N2CC3CCC(C2)O3)c1CN. The zero-order valence-electron chi connectivity index (χ0n) is 10.8. The molecule has 2 bridgehead atoms. The summed E-state index contributed by atoms with van der Waals surface area (Å²) in [6.07, 6.45) is 5.38. The van der Waals surface area contributed by atoms with Gasteiger partial charge in [-0.25, -0.2) is 0 Å². The van der Waals surface area contributed by atoms with Crippen molar-refractivity contribution in [1.29, 1.82) is 0 Å². The number of benzene rings is 1. The lowest BCUT2D eigenvalue weighted by molar-refractivity contribution is 0.0304. The summed E-state index contributed by atoms with van der Waals surface area (Å²) < 4.78 is 5.90. The van der Waals surface area contributed by atoms with Crippen LogP contribution >= 0.6 is 11.8 Å². The lowest BCUT2D eigenvalue weighted by atomic mass is 10.1. The van der Waals surface area contributed by atoms with Gasteiger partial charge >= 0.3 is 0 Å². The Bertz CT molecular complexity index is 426. The molecule has 2 atom stereocenters. The highest BCUT2D eigenvalue weighted by atomic mass is 32.2. The average Bonchev–Trinajstić information content (AvgIpc) is 2.76. The molecule has 2 fully saturated rings. The molecule has 0 aromatic heterocycles. The van der Waals surface area contributed by atoms with Gasteiger partial charge in [0, 0.05) is 35.8 Å². The van der Waals surface area contributed by atoms with Crippen LogP contribution in [0.2, 0.25) is 0 Å². The van der Waals surface area contributed by atoms with Gasteiger partial charge in [-0.15, -0.1) is 11.8 Å². The molecule has 0 saturated carbocycles. The van der Waals surface area contributed by atoms with Crippen LogP contribution < -0.4 is 10.6 Å². The van der Waals surface area contributed by atoms with E-state index in [4.69, 9.17) is 10.5 Å². The van der Waals surface area contributed by atoms with Crippen molar-refractivity contribution in [3.8, 4) is 0 Å². The first-order valence-electron chi connectivity index (χ1n) is 6.58. The molecule has 3 nitrogen and oxygen atoms in total. The standard InChI is InChI=1S/C14H20N2OS/c1-18-14-4-2-3-13(12(14)7-15)16-8-10-5-6-11(9-16)17-10/h2-4,10-11H,5-9,15H2,1H3. The van der Waals surface area contributed by atoms with E-state index in [0.717, 1.165) is 13.1 Å². The van der Waals surface area contributed by atoms with Gasteiger partial charge in [0.15, 0.2) is 0 Å². The molecule has 2 N–H and O–H groups in total. The Kier molecular flexibility index (Phi) is 3.50. The second-order valence-corrected chi connectivity index (χ2v) is 5.87. The minimum absolute atomic E-state index is 0.423. The Labute approximate surface area is 113 Å². The molecule has 2 aliphatic heterocycles. The van der Waals surface area contributed by atoms with Crippen LogP contribution in [0.3, 0.4) is 0 Å². The van der Waals surface area contributed by atoms with Crippen LogP contribution in [0.1, 0.15) is 18.4 Å². The Morgan fingerprint density at radius 2 is 2.06 bits per heavy atom. The quantitative estimate of drug-likeness (QED) is 0.850. The molecule has 0 amide bonds. The lowest BCUT2D eigenvalue weighted by Crippen LogP contribution is -2.43.